The van der Waals surface area contributed by atoms with Crippen LogP contribution < -0.4 is 0 Å². The normalized spacial score (nSPS) is 9.62. The summed E-state index contributed by atoms with van der Waals surface area (Å²) in [6.07, 6.45) is 12.7. The summed E-state index contributed by atoms with van der Waals surface area (Å²) in [5.74, 6) is -0.921. The zero-order chi connectivity index (χ0) is 28.3. The smallest absolute Gasteiger partial charge is 0.333 e. The van der Waals surface area contributed by atoms with Crippen LogP contribution in [0.25, 0.3) is 6.08 Å². The van der Waals surface area contributed by atoms with E-state index in [1.807, 2.05) is 56.3 Å². The molecule has 6 nitrogen and oxygen atoms in total. The number of carbonyl (C=O) groups is 3. The second kappa shape index (κ2) is 25.7. The topological polar surface area (TPSA) is 78.9 Å². The van der Waals surface area contributed by atoms with Gasteiger partial charge >= 0.3 is 17.9 Å². The van der Waals surface area contributed by atoms with Gasteiger partial charge in [-0.15, -0.1) is 0 Å². The second-order valence-electron chi connectivity index (χ2n) is 7.99. The van der Waals surface area contributed by atoms with Crippen LogP contribution in [0.3, 0.4) is 0 Å². The standard InChI is InChI=1S/C13H14O2.C11H20O2.C7H12O2/c1-11(13(14)15-2)7-6-10-12-8-4-3-5-9-12;1-4-6-7-8-9-13-11(12)10(3)5-2;1-3-5-6-9-7(8)4-2/h3-6,8-10H,1,7H2,2H3;3-9H2,1-2H3;4H,2-3,5-6H2,1H3. The minimum absolute atomic E-state index is 0.237. The Balaban J connectivity index is 0. The van der Waals surface area contributed by atoms with Crippen molar-refractivity contribution in [1.82, 2.24) is 0 Å². The van der Waals surface area contributed by atoms with Crippen molar-refractivity contribution in [3.63, 3.8) is 0 Å². The Bertz CT molecular complexity index is 823. The summed E-state index contributed by atoms with van der Waals surface area (Å²) in [5, 5.41) is 0. The van der Waals surface area contributed by atoms with Gasteiger partial charge in [0.2, 0.25) is 0 Å². The minimum Gasteiger partial charge on any atom is -0.466 e. The molecule has 0 saturated carbocycles. The third-order valence-electron chi connectivity index (χ3n) is 4.80. The van der Waals surface area contributed by atoms with Crippen LogP contribution in [-0.2, 0) is 28.6 Å². The minimum atomic E-state index is -0.354. The number of esters is 3. The van der Waals surface area contributed by atoms with Crippen LogP contribution in [0.15, 0.2) is 73.4 Å². The number of allylic oxidation sites excluding steroid dienone is 1. The van der Waals surface area contributed by atoms with Crippen molar-refractivity contribution in [2.45, 2.75) is 72.1 Å². The predicted octanol–water partition coefficient (Wildman–Crippen LogP) is 7.41. The van der Waals surface area contributed by atoms with Gasteiger partial charge in [0.05, 0.1) is 20.3 Å². The molecule has 0 atom stereocenters. The number of benzene rings is 1. The molecular formula is C31H46O6. The first-order chi connectivity index (χ1) is 17.8. The molecule has 0 heterocycles. The molecule has 0 aliphatic carbocycles. The first-order valence-electron chi connectivity index (χ1n) is 12.9. The van der Waals surface area contributed by atoms with Gasteiger partial charge in [0.25, 0.3) is 0 Å². The average Bonchev–Trinajstić information content (AvgIpc) is 2.93. The van der Waals surface area contributed by atoms with Crippen molar-refractivity contribution in [3.8, 4) is 0 Å². The van der Waals surface area contributed by atoms with Gasteiger partial charge in [-0.25, -0.2) is 14.4 Å². The van der Waals surface area contributed by atoms with Crippen molar-refractivity contribution >= 4 is 24.0 Å². The molecule has 0 aliphatic rings. The fraction of sp³-hybridized carbons (Fsp3) is 0.452. The highest BCUT2D eigenvalue weighted by Gasteiger charge is 2.05. The van der Waals surface area contributed by atoms with E-state index in [1.54, 1.807) is 0 Å². The molecule has 6 heteroatoms. The molecule has 1 aromatic carbocycles. The highest BCUT2D eigenvalue weighted by molar-refractivity contribution is 5.88. The predicted molar refractivity (Wildman–Crippen MR) is 152 cm³/mol. The molecule has 0 amide bonds. The summed E-state index contributed by atoms with van der Waals surface area (Å²) in [4.78, 5) is 32.4. The molecule has 37 heavy (non-hydrogen) atoms. The highest BCUT2D eigenvalue weighted by atomic mass is 16.5. The Labute approximate surface area is 224 Å². The average molecular weight is 515 g/mol. The van der Waals surface area contributed by atoms with E-state index in [0.29, 0.717) is 37.2 Å². The van der Waals surface area contributed by atoms with Crippen LogP contribution in [0.2, 0.25) is 0 Å². The Hall–Kier alpha value is -3.41. The van der Waals surface area contributed by atoms with Gasteiger partial charge in [0.1, 0.15) is 0 Å². The fourth-order valence-corrected chi connectivity index (χ4v) is 2.45. The van der Waals surface area contributed by atoms with Crippen LogP contribution in [0.5, 0.6) is 0 Å². The maximum absolute atomic E-state index is 11.1. The van der Waals surface area contributed by atoms with Gasteiger partial charge in [0, 0.05) is 17.2 Å². The van der Waals surface area contributed by atoms with E-state index in [1.165, 1.54) is 26.0 Å². The summed E-state index contributed by atoms with van der Waals surface area (Å²) in [6.45, 7) is 17.7. The third-order valence-corrected chi connectivity index (χ3v) is 4.80. The van der Waals surface area contributed by atoms with E-state index >= 15 is 0 Å². The summed E-state index contributed by atoms with van der Waals surface area (Å²) in [6, 6.07) is 9.89. The van der Waals surface area contributed by atoms with E-state index in [0.717, 1.165) is 31.2 Å². The van der Waals surface area contributed by atoms with E-state index in [9.17, 15) is 14.4 Å². The van der Waals surface area contributed by atoms with E-state index in [-0.39, 0.29) is 17.9 Å². The number of hydrogen-bond donors (Lipinski definition) is 0. The summed E-state index contributed by atoms with van der Waals surface area (Å²) >= 11 is 0. The number of carbonyl (C=O) groups excluding carboxylic acids is 3. The second-order valence-corrected chi connectivity index (χ2v) is 7.99. The van der Waals surface area contributed by atoms with E-state index in [4.69, 9.17) is 4.74 Å². The molecule has 206 valence electrons. The lowest BCUT2D eigenvalue weighted by Gasteiger charge is -2.04. The van der Waals surface area contributed by atoms with Gasteiger partial charge in [0.15, 0.2) is 0 Å². The van der Waals surface area contributed by atoms with Gasteiger partial charge in [-0.2, -0.15) is 0 Å². The number of methoxy groups -OCH3 is 1. The van der Waals surface area contributed by atoms with Crippen LogP contribution in [0.4, 0.5) is 0 Å². The molecule has 0 unspecified atom stereocenters. The van der Waals surface area contributed by atoms with E-state index in [2.05, 4.69) is 36.1 Å². The van der Waals surface area contributed by atoms with Gasteiger partial charge in [-0.3, -0.25) is 0 Å². The number of unbranched alkanes of at least 4 members (excludes halogenated alkanes) is 4. The third kappa shape index (κ3) is 22.8. The largest absolute Gasteiger partial charge is 0.466 e. The zero-order valence-corrected chi connectivity index (χ0v) is 23.3. The Morgan fingerprint density at radius 3 is 1.97 bits per heavy atom. The maximum atomic E-state index is 11.1. The van der Waals surface area contributed by atoms with Gasteiger partial charge < -0.3 is 14.2 Å². The lowest BCUT2D eigenvalue weighted by molar-refractivity contribution is -0.139. The molecule has 1 aromatic rings. The van der Waals surface area contributed by atoms with E-state index < -0.39 is 0 Å². The van der Waals surface area contributed by atoms with Gasteiger partial charge in [-0.05, 0) is 31.2 Å². The number of rotatable bonds is 15. The monoisotopic (exact) mass is 514 g/mol. The molecule has 0 aliphatic heterocycles. The molecule has 0 spiro atoms. The van der Waals surface area contributed by atoms with Crippen molar-refractivity contribution < 1.29 is 28.6 Å². The molecule has 0 saturated heterocycles. The Kier molecular flexibility index (Phi) is 24.8. The molecule has 1 rings (SSSR count). The van der Waals surface area contributed by atoms with Crippen LogP contribution in [0, 0.1) is 0 Å². The number of hydrogen-bond acceptors (Lipinski definition) is 6. The zero-order valence-electron chi connectivity index (χ0n) is 23.3. The lowest BCUT2D eigenvalue weighted by Crippen LogP contribution is -2.07. The highest BCUT2D eigenvalue weighted by Crippen LogP contribution is 2.06. The SMILES string of the molecule is C=C(CC)C(=O)OCCCCCC.C=C(CC=Cc1ccccc1)C(=O)OC.C=CC(=O)OCCCC. The molecule has 0 aromatic heterocycles. The summed E-state index contributed by atoms with van der Waals surface area (Å²) < 4.78 is 14.2. The van der Waals surface area contributed by atoms with Crippen molar-refractivity contribution in [2.24, 2.45) is 0 Å². The van der Waals surface area contributed by atoms with Crippen LogP contribution in [0.1, 0.15) is 77.7 Å². The number of ether oxygens (including phenoxy) is 3. The Morgan fingerprint density at radius 2 is 1.43 bits per heavy atom. The summed E-state index contributed by atoms with van der Waals surface area (Å²) in [5.41, 5.74) is 2.13. The fourth-order valence-electron chi connectivity index (χ4n) is 2.45. The van der Waals surface area contributed by atoms with Gasteiger partial charge in [-0.1, -0.05) is 109 Å². The van der Waals surface area contributed by atoms with Crippen molar-refractivity contribution in [3.05, 3.63) is 78.9 Å². The molecule has 0 fully saturated rings. The lowest BCUT2D eigenvalue weighted by atomic mass is 10.1. The molecule has 0 radical (unpaired) electrons. The van der Waals surface area contributed by atoms with Crippen molar-refractivity contribution in [2.75, 3.05) is 20.3 Å². The summed E-state index contributed by atoms with van der Waals surface area (Å²) in [7, 11) is 1.36. The Morgan fingerprint density at radius 1 is 0.811 bits per heavy atom. The van der Waals surface area contributed by atoms with Crippen LogP contribution in [-0.4, -0.2) is 38.2 Å². The maximum Gasteiger partial charge on any atom is 0.333 e. The van der Waals surface area contributed by atoms with Crippen molar-refractivity contribution in [1.29, 1.82) is 0 Å². The first kappa shape index (κ1) is 35.8. The molecule has 0 bridgehead atoms. The molecule has 0 N–H and O–H groups in total. The molecular weight excluding hydrogens is 468 g/mol. The quantitative estimate of drug-likeness (QED) is 0.105. The first-order valence-corrected chi connectivity index (χ1v) is 12.9. The van der Waals surface area contributed by atoms with Crippen LogP contribution >= 0.6 is 0 Å².